The van der Waals surface area contributed by atoms with E-state index in [1.165, 1.54) is 10.6 Å². The van der Waals surface area contributed by atoms with Crippen molar-refractivity contribution in [2.45, 2.75) is 33.2 Å². The Morgan fingerprint density at radius 2 is 1.91 bits per heavy atom. The number of aryl methyl sites for hydroxylation is 2. The van der Waals surface area contributed by atoms with Gasteiger partial charge in [0, 0.05) is 43.9 Å². The van der Waals surface area contributed by atoms with Crippen LogP contribution in [0.3, 0.4) is 0 Å². The van der Waals surface area contributed by atoms with Gasteiger partial charge >= 0.3 is 0 Å². The molecule has 1 aliphatic heterocycles. The number of carbonyl (C=O) groups is 1. The summed E-state index contributed by atoms with van der Waals surface area (Å²) < 4.78 is 26.2. The van der Waals surface area contributed by atoms with Crippen LogP contribution in [0.25, 0.3) is 0 Å². The number of nitrogens with zero attached hydrogens (tertiary/aromatic N) is 3. The van der Waals surface area contributed by atoms with E-state index in [9.17, 15) is 13.2 Å². The molecule has 0 spiro atoms. The molecule has 0 bridgehead atoms. The first-order valence-electron chi connectivity index (χ1n) is 7.42. The summed E-state index contributed by atoms with van der Waals surface area (Å²) in [4.78, 5) is 12.3. The summed E-state index contributed by atoms with van der Waals surface area (Å²) in [5.41, 5.74) is 3.02. The molecule has 2 rings (SSSR count). The Bertz CT molecular complexity index is 658. The predicted molar refractivity (Wildman–Crippen MR) is 83.7 cm³/mol. The highest BCUT2D eigenvalue weighted by molar-refractivity contribution is 7.88. The lowest BCUT2D eigenvalue weighted by Crippen LogP contribution is -2.42. The van der Waals surface area contributed by atoms with Crippen molar-refractivity contribution in [1.82, 2.24) is 19.4 Å². The van der Waals surface area contributed by atoms with E-state index in [0.717, 1.165) is 17.0 Å². The topological polar surface area (TPSA) is 84.3 Å². The van der Waals surface area contributed by atoms with Crippen LogP contribution in [0.1, 0.15) is 29.8 Å². The van der Waals surface area contributed by atoms with Crippen molar-refractivity contribution in [3.8, 4) is 0 Å². The smallest absolute Gasteiger partial charge is 0.223 e. The minimum atomic E-state index is -3.15. The lowest BCUT2D eigenvalue weighted by atomic mass is 9.97. The fourth-order valence-electron chi connectivity index (χ4n) is 2.84. The van der Waals surface area contributed by atoms with Crippen LogP contribution in [0, 0.1) is 19.8 Å². The first kappa shape index (κ1) is 17.0. The number of aromatic nitrogens is 2. The molecule has 0 atom stereocenters. The quantitative estimate of drug-likeness (QED) is 0.863. The molecule has 1 aromatic heterocycles. The molecule has 1 amide bonds. The second-order valence-corrected chi connectivity index (χ2v) is 7.91. The third-order valence-corrected chi connectivity index (χ3v) is 5.70. The summed E-state index contributed by atoms with van der Waals surface area (Å²) in [6.45, 7) is 5.21. The van der Waals surface area contributed by atoms with Gasteiger partial charge in [0.15, 0.2) is 0 Å². The molecule has 124 valence electrons. The molecule has 1 saturated heterocycles. The normalized spacial score (nSPS) is 17.6. The summed E-state index contributed by atoms with van der Waals surface area (Å²) in [5, 5.41) is 7.29. The van der Waals surface area contributed by atoms with E-state index < -0.39 is 10.0 Å². The SMILES string of the molecule is Cc1nn(C)c(C)c1CNC(=O)C1CCN(S(C)(=O)=O)CC1. The van der Waals surface area contributed by atoms with Crippen LogP contribution in [0.15, 0.2) is 0 Å². The van der Waals surface area contributed by atoms with Crippen LogP contribution in [0.5, 0.6) is 0 Å². The summed E-state index contributed by atoms with van der Waals surface area (Å²) in [6, 6.07) is 0. The number of hydrogen-bond donors (Lipinski definition) is 1. The van der Waals surface area contributed by atoms with Gasteiger partial charge < -0.3 is 5.32 Å². The maximum absolute atomic E-state index is 12.3. The third-order valence-electron chi connectivity index (χ3n) is 4.39. The van der Waals surface area contributed by atoms with Crippen molar-refractivity contribution in [3.63, 3.8) is 0 Å². The van der Waals surface area contributed by atoms with E-state index in [2.05, 4.69) is 10.4 Å². The maximum atomic E-state index is 12.3. The molecule has 7 nitrogen and oxygen atoms in total. The Morgan fingerprint density at radius 1 is 1.32 bits per heavy atom. The summed E-state index contributed by atoms with van der Waals surface area (Å²) in [6.07, 6.45) is 2.36. The lowest BCUT2D eigenvalue weighted by molar-refractivity contribution is -0.126. The second-order valence-electron chi connectivity index (χ2n) is 5.93. The van der Waals surface area contributed by atoms with Gasteiger partial charge in [-0.1, -0.05) is 0 Å². The van der Waals surface area contributed by atoms with Gasteiger partial charge in [-0.05, 0) is 26.7 Å². The van der Waals surface area contributed by atoms with Crippen molar-refractivity contribution < 1.29 is 13.2 Å². The molecule has 1 aliphatic rings. The number of nitrogens with one attached hydrogen (secondary N) is 1. The van der Waals surface area contributed by atoms with Crippen LogP contribution in [0.4, 0.5) is 0 Å². The van der Waals surface area contributed by atoms with Crippen LogP contribution in [-0.4, -0.2) is 47.8 Å². The zero-order chi connectivity index (χ0) is 16.5. The number of rotatable bonds is 4. The fourth-order valence-corrected chi connectivity index (χ4v) is 3.72. The second kappa shape index (κ2) is 6.37. The molecule has 8 heteroatoms. The summed E-state index contributed by atoms with van der Waals surface area (Å²) in [5.74, 6) is -0.119. The van der Waals surface area contributed by atoms with E-state index in [4.69, 9.17) is 0 Å². The van der Waals surface area contributed by atoms with E-state index in [1.54, 1.807) is 4.68 Å². The molecule has 22 heavy (non-hydrogen) atoms. The number of sulfonamides is 1. The Hall–Kier alpha value is -1.41. The Balaban J connectivity index is 1.89. The van der Waals surface area contributed by atoms with Gasteiger partial charge in [-0.2, -0.15) is 5.10 Å². The number of amides is 1. The van der Waals surface area contributed by atoms with Gasteiger partial charge in [-0.15, -0.1) is 0 Å². The Labute approximate surface area is 131 Å². The molecule has 0 saturated carbocycles. The fraction of sp³-hybridized carbons (Fsp3) is 0.714. The molecule has 0 unspecified atom stereocenters. The molecule has 1 N–H and O–H groups in total. The van der Waals surface area contributed by atoms with E-state index >= 15 is 0 Å². The highest BCUT2D eigenvalue weighted by Crippen LogP contribution is 2.20. The van der Waals surface area contributed by atoms with Crippen LogP contribution >= 0.6 is 0 Å². The molecule has 2 heterocycles. The molecule has 0 aliphatic carbocycles. The molecular weight excluding hydrogens is 304 g/mol. The van der Waals surface area contributed by atoms with Gasteiger partial charge in [0.1, 0.15) is 0 Å². The highest BCUT2D eigenvalue weighted by atomic mass is 32.2. The van der Waals surface area contributed by atoms with Crippen molar-refractivity contribution in [3.05, 3.63) is 17.0 Å². The van der Waals surface area contributed by atoms with Crippen molar-refractivity contribution >= 4 is 15.9 Å². The van der Waals surface area contributed by atoms with Gasteiger partial charge in [0.25, 0.3) is 0 Å². The van der Waals surface area contributed by atoms with Gasteiger partial charge in [0.2, 0.25) is 15.9 Å². The Kier molecular flexibility index (Phi) is 4.91. The first-order valence-corrected chi connectivity index (χ1v) is 9.27. The standard InChI is InChI=1S/C14H24N4O3S/c1-10-13(11(2)17(3)16-10)9-15-14(19)12-5-7-18(8-6-12)22(4,20)21/h12H,5-9H2,1-4H3,(H,15,19). The van der Waals surface area contributed by atoms with Gasteiger partial charge in [0.05, 0.1) is 11.9 Å². The number of piperidine rings is 1. The van der Waals surface area contributed by atoms with E-state index in [-0.39, 0.29) is 11.8 Å². The van der Waals surface area contributed by atoms with E-state index in [1.807, 2.05) is 20.9 Å². The molecule has 0 aromatic carbocycles. The molecular formula is C14H24N4O3S. The largest absolute Gasteiger partial charge is 0.352 e. The van der Waals surface area contributed by atoms with Crippen LogP contribution in [0.2, 0.25) is 0 Å². The number of hydrogen-bond acceptors (Lipinski definition) is 4. The molecule has 0 radical (unpaired) electrons. The Morgan fingerprint density at radius 3 is 2.36 bits per heavy atom. The third kappa shape index (κ3) is 3.67. The average Bonchev–Trinajstić information content (AvgIpc) is 2.69. The lowest BCUT2D eigenvalue weighted by Gasteiger charge is -2.29. The monoisotopic (exact) mass is 328 g/mol. The average molecular weight is 328 g/mol. The number of carbonyl (C=O) groups excluding carboxylic acids is 1. The first-order chi connectivity index (χ1) is 10.2. The molecule has 1 fully saturated rings. The predicted octanol–water partition coefficient (Wildman–Crippen LogP) is 0.325. The van der Waals surface area contributed by atoms with Gasteiger partial charge in [-0.25, -0.2) is 12.7 Å². The molecule has 1 aromatic rings. The maximum Gasteiger partial charge on any atom is 0.223 e. The van der Waals surface area contributed by atoms with E-state index in [0.29, 0.717) is 32.5 Å². The minimum absolute atomic E-state index is 0.00389. The summed E-state index contributed by atoms with van der Waals surface area (Å²) >= 11 is 0. The van der Waals surface area contributed by atoms with Crippen LogP contribution in [-0.2, 0) is 28.4 Å². The van der Waals surface area contributed by atoms with Crippen molar-refractivity contribution in [2.75, 3.05) is 19.3 Å². The van der Waals surface area contributed by atoms with Crippen LogP contribution < -0.4 is 5.32 Å². The van der Waals surface area contributed by atoms with Crippen molar-refractivity contribution in [1.29, 1.82) is 0 Å². The zero-order valence-electron chi connectivity index (χ0n) is 13.6. The summed E-state index contributed by atoms with van der Waals surface area (Å²) in [7, 11) is -1.26. The minimum Gasteiger partial charge on any atom is -0.352 e. The van der Waals surface area contributed by atoms with Gasteiger partial charge in [-0.3, -0.25) is 9.48 Å². The van der Waals surface area contributed by atoms with Crippen molar-refractivity contribution in [2.24, 2.45) is 13.0 Å². The highest BCUT2D eigenvalue weighted by Gasteiger charge is 2.28. The zero-order valence-corrected chi connectivity index (χ0v) is 14.4.